The van der Waals surface area contributed by atoms with Crippen LogP contribution >= 0.6 is 24.0 Å². The normalized spacial score (nSPS) is 19.6. The number of ether oxygens (including phenoxy) is 1. The zero-order chi connectivity index (χ0) is 18.9. The van der Waals surface area contributed by atoms with Gasteiger partial charge in [0.2, 0.25) is 0 Å². The van der Waals surface area contributed by atoms with Crippen molar-refractivity contribution in [2.24, 2.45) is 16.3 Å². The molecular weight excluding hydrogens is 441 g/mol. The minimum Gasteiger partial charge on any atom is -0.374 e. The van der Waals surface area contributed by atoms with E-state index < -0.39 is 0 Å². The van der Waals surface area contributed by atoms with Gasteiger partial charge in [-0.25, -0.2) is 0 Å². The number of nitrogens with zero attached hydrogens (tertiary/aromatic N) is 3. The molecule has 1 aliphatic heterocycles. The van der Waals surface area contributed by atoms with Crippen LogP contribution in [0.3, 0.4) is 0 Å². The van der Waals surface area contributed by atoms with Crippen molar-refractivity contribution >= 4 is 29.9 Å². The van der Waals surface area contributed by atoms with Crippen molar-refractivity contribution in [2.45, 2.75) is 40.7 Å². The Labute approximate surface area is 178 Å². The molecule has 0 spiro atoms. The minimum absolute atomic E-state index is 0. The average Bonchev–Trinajstić information content (AvgIpc) is 2.48. The van der Waals surface area contributed by atoms with E-state index in [9.17, 15) is 0 Å². The van der Waals surface area contributed by atoms with Gasteiger partial charge in [-0.15, -0.1) is 24.0 Å². The monoisotopic (exact) mass is 483 g/mol. The summed E-state index contributed by atoms with van der Waals surface area (Å²) in [5, 5.41) is 6.81. The molecule has 0 bridgehead atoms. The maximum atomic E-state index is 5.92. The molecule has 1 fully saturated rings. The first-order chi connectivity index (χ1) is 11.7. The van der Waals surface area contributed by atoms with Gasteiger partial charge in [0.05, 0.1) is 12.7 Å². The Balaban J connectivity index is 0.00000625. The fraction of sp³-hybridized carbons (Fsp3) is 0.947. The number of guanidine groups is 1. The first-order valence-electron chi connectivity index (χ1n) is 9.72. The lowest BCUT2D eigenvalue weighted by Gasteiger charge is -2.34. The van der Waals surface area contributed by atoms with Gasteiger partial charge in [0.25, 0.3) is 0 Å². The lowest BCUT2D eigenvalue weighted by atomic mass is 9.93. The zero-order valence-electron chi connectivity index (χ0n) is 18.0. The third-order valence-electron chi connectivity index (χ3n) is 4.10. The molecule has 1 aliphatic rings. The summed E-state index contributed by atoms with van der Waals surface area (Å²) in [5.41, 5.74) is 0.154. The summed E-state index contributed by atoms with van der Waals surface area (Å²) in [5.74, 6) is 1.59. The van der Waals surface area contributed by atoms with Gasteiger partial charge in [0.15, 0.2) is 5.96 Å². The van der Waals surface area contributed by atoms with Crippen LogP contribution in [0.1, 0.15) is 34.6 Å². The molecule has 0 aliphatic carbocycles. The molecule has 6 nitrogen and oxygen atoms in total. The molecule has 0 aromatic carbocycles. The second-order valence-corrected chi connectivity index (χ2v) is 8.62. The van der Waals surface area contributed by atoms with Gasteiger partial charge in [0, 0.05) is 45.8 Å². The lowest BCUT2D eigenvalue weighted by molar-refractivity contribution is -0.0284. The Bertz CT molecular complexity index is 401. The summed E-state index contributed by atoms with van der Waals surface area (Å²) in [6, 6.07) is 0. The van der Waals surface area contributed by atoms with Gasteiger partial charge in [0.1, 0.15) is 0 Å². The van der Waals surface area contributed by atoms with Crippen LogP contribution in [0.4, 0.5) is 0 Å². The summed E-state index contributed by atoms with van der Waals surface area (Å²) >= 11 is 0. The van der Waals surface area contributed by atoms with Crippen molar-refractivity contribution in [1.29, 1.82) is 0 Å². The van der Waals surface area contributed by atoms with Gasteiger partial charge in [-0.3, -0.25) is 9.89 Å². The third-order valence-corrected chi connectivity index (χ3v) is 4.10. The Morgan fingerprint density at radius 2 is 2.00 bits per heavy atom. The molecule has 1 heterocycles. The van der Waals surface area contributed by atoms with Crippen LogP contribution in [0, 0.1) is 11.3 Å². The number of halogens is 1. The number of rotatable bonds is 9. The van der Waals surface area contributed by atoms with Crippen molar-refractivity contribution in [2.75, 3.05) is 66.5 Å². The van der Waals surface area contributed by atoms with E-state index in [0.717, 1.165) is 58.4 Å². The SMILES string of the molecule is CCNC(=NCC(C)(C)CN(C)C)NCC1CN(CC(C)C)CCO1.I. The first kappa shape index (κ1) is 25.9. The highest BCUT2D eigenvalue weighted by Gasteiger charge is 2.22. The van der Waals surface area contributed by atoms with E-state index in [0.29, 0.717) is 5.92 Å². The van der Waals surface area contributed by atoms with E-state index in [1.165, 1.54) is 0 Å². The Hall–Kier alpha value is -0.120. The molecule has 0 aromatic rings. The standard InChI is InChI=1S/C19H41N5O.HI/c1-8-20-18(22-14-19(4,5)15-23(6)7)21-11-17-13-24(9-10-25-17)12-16(2)3;/h16-17H,8-15H2,1-7H3,(H2,20,21,22);1H. The molecule has 0 saturated carbocycles. The Kier molecular flexibility index (Phi) is 13.1. The van der Waals surface area contributed by atoms with Crippen molar-refractivity contribution in [1.82, 2.24) is 20.4 Å². The van der Waals surface area contributed by atoms with E-state index in [-0.39, 0.29) is 35.5 Å². The van der Waals surface area contributed by atoms with Crippen molar-refractivity contribution in [3.05, 3.63) is 0 Å². The maximum absolute atomic E-state index is 5.92. The summed E-state index contributed by atoms with van der Waals surface area (Å²) in [6.45, 7) is 18.7. The number of hydrogen-bond acceptors (Lipinski definition) is 4. The summed E-state index contributed by atoms with van der Waals surface area (Å²) in [7, 11) is 4.22. The lowest BCUT2D eigenvalue weighted by Crippen LogP contribution is -2.50. The zero-order valence-corrected chi connectivity index (χ0v) is 20.3. The predicted molar refractivity (Wildman–Crippen MR) is 123 cm³/mol. The number of aliphatic imine (C=N–C) groups is 1. The van der Waals surface area contributed by atoms with Crippen LogP contribution < -0.4 is 10.6 Å². The van der Waals surface area contributed by atoms with E-state index in [1.807, 2.05) is 0 Å². The summed E-state index contributed by atoms with van der Waals surface area (Å²) in [6.07, 6.45) is 0.228. The Morgan fingerprint density at radius 3 is 2.58 bits per heavy atom. The average molecular weight is 483 g/mol. The molecule has 1 rings (SSSR count). The van der Waals surface area contributed by atoms with Crippen molar-refractivity contribution in [3.8, 4) is 0 Å². The molecule has 0 radical (unpaired) electrons. The molecule has 0 amide bonds. The molecular formula is C19H42IN5O. The predicted octanol–water partition coefficient (Wildman–Crippen LogP) is 2.10. The molecule has 1 atom stereocenters. The minimum atomic E-state index is 0. The second-order valence-electron chi connectivity index (χ2n) is 8.62. The highest BCUT2D eigenvalue weighted by molar-refractivity contribution is 14.0. The number of morpholine rings is 1. The van der Waals surface area contributed by atoms with E-state index in [4.69, 9.17) is 9.73 Å². The Morgan fingerprint density at radius 1 is 1.31 bits per heavy atom. The van der Waals surface area contributed by atoms with Crippen LogP contribution in [-0.2, 0) is 4.74 Å². The van der Waals surface area contributed by atoms with E-state index in [2.05, 4.69) is 69.1 Å². The van der Waals surface area contributed by atoms with Crippen molar-refractivity contribution < 1.29 is 4.74 Å². The molecule has 26 heavy (non-hydrogen) atoms. The molecule has 1 unspecified atom stereocenters. The molecule has 7 heteroatoms. The first-order valence-corrected chi connectivity index (χ1v) is 9.72. The summed E-state index contributed by atoms with van der Waals surface area (Å²) < 4.78 is 5.92. The van der Waals surface area contributed by atoms with Crippen LogP contribution in [0.2, 0.25) is 0 Å². The van der Waals surface area contributed by atoms with Gasteiger partial charge in [-0.05, 0) is 32.4 Å². The topological polar surface area (TPSA) is 52.1 Å². The molecule has 2 N–H and O–H groups in total. The maximum Gasteiger partial charge on any atom is 0.191 e. The van der Waals surface area contributed by atoms with Crippen LogP contribution in [0.25, 0.3) is 0 Å². The second kappa shape index (κ2) is 13.1. The van der Waals surface area contributed by atoms with Crippen LogP contribution in [0.15, 0.2) is 4.99 Å². The fourth-order valence-corrected chi connectivity index (χ4v) is 3.34. The quantitative estimate of drug-likeness (QED) is 0.299. The highest BCUT2D eigenvalue weighted by atomic mass is 127. The van der Waals surface area contributed by atoms with E-state index in [1.54, 1.807) is 0 Å². The fourth-order valence-electron chi connectivity index (χ4n) is 3.34. The van der Waals surface area contributed by atoms with Crippen LogP contribution in [0.5, 0.6) is 0 Å². The number of nitrogens with one attached hydrogen (secondary N) is 2. The van der Waals surface area contributed by atoms with Gasteiger partial charge >= 0.3 is 0 Å². The molecule has 1 saturated heterocycles. The van der Waals surface area contributed by atoms with E-state index >= 15 is 0 Å². The third kappa shape index (κ3) is 11.6. The molecule has 0 aromatic heterocycles. The van der Waals surface area contributed by atoms with Crippen molar-refractivity contribution in [3.63, 3.8) is 0 Å². The van der Waals surface area contributed by atoms with Gasteiger partial charge in [-0.1, -0.05) is 27.7 Å². The summed E-state index contributed by atoms with van der Waals surface area (Å²) in [4.78, 5) is 9.51. The van der Waals surface area contributed by atoms with Crippen LogP contribution in [-0.4, -0.2) is 88.4 Å². The van der Waals surface area contributed by atoms with Gasteiger partial charge < -0.3 is 20.3 Å². The number of hydrogen-bond donors (Lipinski definition) is 2. The highest BCUT2D eigenvalue weighted by Crippen LogP contribution is 2.16. The smallest absolute Gasteiger partial charge is 0.191 e. The molecule has 156 valence electrons. The largest absolute Gasteiger partial charge is 0.374 e. The van der Waals surface area contributed by atoms with Gasteiger partial charge in [-0.2, -0.15) is 0 Å².